The number of anilines is 1. The van der Waals surface area contributed by atoms with Crippen molar-refractivity contribution in [3.63, 3.8) is 0 Å². The number of benzene rings is 1. The largest absolute Gasteiger partial charge is 0.490 e. The van der Waals surface area contributed by atoms with Crippen molar-refractivity contribution in [2.24, 2.45) is 0 Å². The number of rotatable bonds is 6. The lowest BCUT2D eigenvalue weighted by atomic mass is 10.2. The van der Waals surface area contributed by atoms with Gasteiger partial charge in [0.25, 0.3) is 0 Å². The number of hydrogen-bond acceptors (Lipinski definition) is 3. The Kier molecular flexibility index (Phi) is 5.87. The summed E-state index contributed by atoms with van der Waals surface area (Å²) in [5.41, 5.74) is 0.732. The number of urea groups is 1. The highest BCUT2D eigenvalue weighted by Crippen LogP contribution is 2.25. The maximum atomic E-state index is 12.0. The Labute approximate surface area is 125 Å². The average molecular weight is 292 g/mol. The number of nitrogens with one attached hydrogen (secondary N) is 1. The van der Waals surface area contributed by atoms with Gasteiger partial charge in [-0.3, -0.25) is 0 Å². The smallest absolute Gasteiger partial charge is 0.321 e. The normalized spacial score (nSPS) is 15.0. The number of aliphatic hydroxyl groups excluding tert-OH is 1. The molecular formula is C16H24N2O3. The molecule has 2 N–H and O–H groups in total. The minimum atomic E-state index is -0.198. The summed E-state index contributed by atoms with van der Waals surface area (Å²) in [7, 11) is 0. The maximum Gasteiger partial charge on any atom is 0.321 e. The van der Waals surface area contributed by atoms with Gasteiger partial charge in [0.05, 0.1) is 12.7 Å². The van der Waals surface area contributed by atoms with E-state index in [1.54, 1.807) is 4.90 Å². The molecule has 21 heavy (non-hydrogen) atoms. The summed E-state index contributed by atoms with van der Waals surface area (Å²) in [6.45, 7) is 2.75. The van der Waals surface area contributed by atoms with E-state index in [0.29, 0.717) is 19.2 Å². The summed E-state index contributed by atoms with van der Waals surface area (Å²) in [6.07, 6.45) is 5.09. The maximum absolute atomic E-state index is 12.0. The zero-order chi connectivity index (χ0) is 15.1. The molecule has 0 heterocycles. The third kappa shape index (κ3) is 4.63. The second-order valence-corrected chi connectivity index (χ2v) is 5.28. The molecule has 1 saturated carbocycles. The van der Waals surface area contributed by atoms with Crippen LogP contribution < -0.4 is 10.1 Å². The fourth-order valence-corrected chi connectivity index (χ4v) is 2.54. The summed E-state index contributed by atoms with van der Waals surface area (Å²) >= 11 is 0. The fourth-order valence-electron chi connectivity index (χ4n) is 2.54. The first-order valence-corrected chi connectivity index (χ1v) is 7.66. The molecule has 1 fully saturated rings. The van der Waals surface area contributed by atoms with Gasteiger partial charge >= 0.3 is 6.03 Å². The van der Waals surface area contributed by atoms with Crippen LogP contribution in [0.2, 0.25) is 0 Å². The number of amides is 2. The zero-order valence-corrected chi connectivity index (χ0v) is 12.5. The van der Waals surface area contributed by atoms with E-state index in [4.69, 9.17) is 9.84 Å². The van der Waals surface area contributed by atoms with Crippen LogP contribution in [0.3, 0.4) is 0 Å². The lowest BCUT2D eigenvalue weighted by Crippen LogP contribution is -2.36. The van der Waals surface area contributed by atoms with Crippen LogP contribution in [0.4, 0.5) is 10.5 Å². The van der Waals surface area contributed by atoms with Crippen molar-refractivity contribution in [3.05, 3.63) is 24.3 Å². The molecule has 0 radical (unpaired) electrons. The number of nitrogens with zero attached hydrogens (tertiary/aromatic N) is 1. The molecule has 5 nitrogen and oxygen atoms in total. The van der Waals surface area contributed by atoms with Crippen LogP contribution in [0.1, 0.15) is 32.6 Å². The first-order chi connectivity index (χ1) is 10.2. The second kappa shape index (κ2) is 7.88. The second-order valence-electron chi connectivity index (χ2n) is 5.28. The van der Waals surface area contributed by atoms with Crippen LogP contribution >= 0.6 is 0 Å². The molecule has 2 amide bonds. The Bertz CT molecular complexity index is 441. The molecule has 0 bridgehead atoms. The summed E-state index contributed by atoms with van der Waals surface area (Å²) in [4.78, 5) is 13.5. The molecular weight excluding hydrogens is 268 g/mol. The molecule has 1 aliphatic carbocycles. The monoisotopic (exact) mass is 292 g/mol. The van der Waals surface area contributed by atoms with E-state index >= 15 is 0 Å². The Balaban J connectivity index is 1.87. The number of carbonyl (C=O) groups is 1. The van der Waals surface area contributed by atoms with Crippen molar-refractivity contribution in [1.29, 1.82) is 0 Å². The van der Waals surface area contributed by atoms with Crippen LogP contribution in [0, 0.1) is 0 Å². The Morgan fingerprint density at radius 2 is 2.00 bits per heavy atom. The van der Waals surface area contributed by atoms with Crippen molar-refractivity contribution in [2.45, 2.75) is 38.7 Å². The van der Waals surface area contributed by atoms with Crippen LogP contribution in [0.15, 0.2) is 24.3 Å². The van der Waals surface area contributed by atoms with Crippen molar-refractivity contribution in [2.75, 3.05) is 25.0 Å². The van der Waals surface area contributed by atoms with Crippen LogP contribution in [-0.2, 0) is 0 Å². The van der Waals surface area contributed by atoms with Gasteiger partial charge in [-0.15, -0.1) is 0 Å². The summed E-state index contributed by atoms with van der Waals surface area (Å²) in [6, 6.07) is 7.26. The quantitative estimate of drug-likeness (QED) is 0.847. The highest BCUT2D eigenvalue weighted by molar-refractivity contribution is 5.89. The predicted molar refractivity (Wildman–Crippen MR) is 82.7 cm³/mol. The molecule has 0 atom stereocenters. The summed E-state index contributed by atoms with van der Waals surface area (Å²) in [5, 5.41) is 11.7. The minimum Gasteiger partial charge on any atom is -0.490 e. The molecule has 5 heteroatoms. The van der Waals surface area contributed by atoms with E-state index in [-0.39, 0.29) is 12.6 Å². The van der Waals surface area contributed by atoms with Crippen molar-refractivity contribution >= 4 is 11.7 Å². The molecule has 0 spiro atoms. The third-order valence-corrected chi connectivity index (χ3v) is 3.75. The molecule has 116 valence electrons. The van der Waals surface area contributed by atoms with Gasteiger partial charge in [0.1, 0.15) is 5.75 Å². The van der Waals surface area contributed by atoms with Gasteiger partial charge in [0, 0.05) is 18.8 Å². The number of likely N-dealkylation sites (N-methyl/N-ethyl adjacent to an activating group) is 1. The van der Waals surface area contributed by atoms with Crippen LogP contribution in [0.5, 0.6) is 5.75 Å². The Morgan fingerprint density at radius 3 is 2.57 bits per heavy atom. The van der Waals surface area contributed by atoms with Crippen LogP contribution in [-0.4, -0.2) is 41.8 Å². The van der Waals surface area contributed by atoms with Gasteiger partial charge in [0.2, 0.25) is 0 Å². The van der Waals surface area contributed by atoms with Crippen molar-refractivity contribution in [3.8, 4) is 5.75 Å². The van der Waals surface area contributed by atoms with Crippen molar-refractivity contribution in [1.82, 2.24) is 4.90 Å². The van der Waals surface area contributed by atoms with E-state index in [1.807, 2.05) is 31.2 Å². The van der Waals surface area contributed by atoms with E-state index in [1.165, 1.54) is 12.8 Å². The molecule has 0 saturated heterocycles. The van der Waals surface area contributed by atoms with Gasteiger partial charge in [-0.25, -0.2) is 4.79 Å². The Morgan fingerprint density at radius 1 is 1.33 bits per heavy atom. The lowest BCUT2D eigenvalue weighted by molar-refractivity contribution is 0.192. The summed E-state index contributed by atoms with van der Waals surface area (Å²) < 4.78 is 5.89. The lowest BCUT2D eigenvalue weighted by Gasteiger charge is -2.20. The fraction of sp³-hybridized carbons (Fsp3) is 0.562. The van der Waals surface area contributed by atoms with Gasteiger partial charge < -0.3 is 20.1 Å². The van der Waals surface area contributed by atoms with Gasteiger partial charge in [0.15, 0.2) is 0 Å². The summed E-state index contributed by atoms with van der Waals surface area (Å²) in [5.74, 6) is 0.850. The predicted octanol–water partition coefficient (Wildman–Crippen LogP) is 2.85. The van der Waals surface area contributed by atoms with E-state index in [9.17, 15) is 4.79 Å². The number of ether oxygens (including phenoxy) is 1. The topological polar surface area (TPSA) is 61.8 Å². The van der Waals surface area contributed by atoms with E-state index in [2.05, 4.69) is 5.32 Å². The van der Waals surface area contributed by atoms with Gasteiger partial charge in [-0.05, 0) is 56.9 Å². The standard InChI is InChI=1S/C16H24N2O3/c1-2-18(11-12-19)16(20)17-13-7-9-15(10-8-13)21-14-5-3-4-6-14/h7-10,14,19H,2-6,11-12H2,1H3,(H,17,20). The molecule has 0 unspecified atom stereocenters. The first kappa shape index (κ1) is 15.6. The number of carbonyl (C=O) groups excluding carboxylic acids is 1. The van der Waals surface area contributed by atoms with Crippen molar-refractivity contribution < 1.29 is 14.6 Å². The van der Waals surface area contributed by atoms with Gasteiger partial charge in [-0.2, -0.15) is 0 Å². The third-order valence-electron chi connectivity index (χ3n) is 3.75. The molecule has 1 aromatic rings. The van der Waals surface area contributed by atoms with E-state index in [0.717, 1.165) is 24.3 Å². The van der Waals surface area contributed by atoms with Gasteiger partial charge in [-0.1, -0.05) is 0 Å². The molecule has 1 aliphatic rings. The van der Waals surface area contributed by atoms with E-state index < -0.39 is 0 Å². The SMILES string of the molecule is CCN(CCO)C(=O)Nc1ccc(OC2CCCC2)cc1. The molecule has 1 aromatic carbocycles. The number of hydrogen-bond donors (Lipinski definition) is 2. The molecule has 0 aliphatic heterocycles. The number of aliphatic hydroxyl groups is 1. The highest BCUT2D eigenvalue weighted by Gasteiger charge is 2.16. The zero-order valence-electron chi connectivity index (χ0n) is 12.5. The minimum absolute atomic E-state index is 0.0323. The first-order valence-electron chi connectivity index (χ1n) is 7.66. The average Bonchev–Trinajstić information content (AvgIpc) is 2.99. The molecule has 2 rings (SSSR count). The Hall–Kier alpha value is -1.75. The molecule has 0 aromatic heterocycles. The highest BCUT2D eigenvalue weighted by atomic mass is 16.5. The van der Waals surface area contributed by atoms with Crippen LogP contribution in [0.25, 0.3) is 0 Å².